The summed E-state index contributed by atoms with van der Waals surface area (Å²) < 4.78 is 13.7. The topological polar surface area (TPSA) is 174 Å². The molecule has 0 aliphatic carbocycles. The Balaban J connectivity index is 1.39. The summed E-state index contributed by atoms with van der Waals surface area (Å²) in [5.74, 6) is -2.32. The highest BCUT2D eigenvalue weighted by molar-refractivity contribution is 5.95. The second kappa shape index (κ2) is 20.4. The van der Waals surface area contributed by atoms with Gasteiger partial charge in [-0.3, -0.25) is 24.0 Å². The number of carbonyl (C=O) groups excluding carboxylic acids is 5. The number of hydrogen-bond donors (Lipinski definition) is 5. The number of hydrogen-bond acceptors (Lipinski definition) is 7. The first-order valence-electron chi connectivity index (χ1n) is 19.1. The maximum absolute atomic E-state index is 14.0. The van der Waals surface area contributed by atoms with Crippen LogP contribution in [0.1, 0.15) is 74.6 Å². The summed E-state index contributed by atoms with van der Waals surface area (Å²) in [6.45, 7) is 7.71. The fraction of sp³-hybridized carbons (Fsp3) is 0.452. The Hall–Kier alpha value is -5.30. The number of likely N-dealkylation sites (tertiary alicyclic amines) is 1. The van der Waals surface area contributed by atoms with Gasteiger partial charge in [0.2, 0.25) is 29.5 Å². The molecule has 4 rings (SSSR count). The minimum atomic E-state index is -1.01. The average molecular weight is 759 g/mol. The summed E-state index contributed by atoms with van der Waals surface area (Å²) in [5.41, 5.74) is 10.1. The molecule has 55 heavy (non-hydrogen) atoms. The van der Waals surface area contributed by atoms with Crippen molar-refractivity contribution in [1.29, 1.82) is 0 Å². The Labute approximate surface area is 323 Å². The molecule has 3 atom stereocenters. The number of nitrogens with one attached hydrogen (secondary N) is 3. The molecule has 13 heteroatoms. The molecule has 0 spiro atoms. The van der Waals surface area contributed by atoms with Crippen LogP contribution >= 0.6 is 0 Å². The summed E-state index contributed by atoms with van der Waals surface area (Å²) in [4.78, 5) is 70.3. The highest BCUT2D eigenvalue weighted by atomic mass is 19.1. The second-order valence-electron chi connectivity index (χ2n) is 14.2. The van der Waals surface area contributed by atoms with Crippen LogP contribution in [0.4, 0.5) is 10.1 Å². The van der Waals surface area contributed by atoms with Gasteiger partial charge < -0.3 is 36.6 Å². The molecular weight excluding hydrogens is 703 g/mol. The Morgan fingerprint density at radius 3 is 2.13 bits per heavy atom. The SMILES string of the molecule is CCCC[C@H](NC(=O)C(N)Cc1c(C)cc(O)cc1C)C(=O)NCC(=O)NC(Cc1ccc(F)cc1)C(=O)N1CCC(N(C(=O)CC)c2ccccc2)CC1. The van der Waals surface area contributed by atoms with E-state index in [1.54, 1.807) is 29.2 Å². The third kappa shape index (κ3) is 12.1. The fourth-order valence-electron chi connectivity index (χ4n) is 7.04. The van der Waals surface area contributed by atoms with E-state index in [0.717, 1.165) is 28.8 Å². The summed E-state index contributed by atoms with van der Waals surface area (Å²) in [6.07, 6.45) is 3.46. The van der Waals surface area contributed by atoms with Crippen LogP contribution in [0.25, 0.3) is 0 Å². The zero-order valence-electron chi connectivity index (χ0n) is 32.3. The first-order valence-corrected chi connectivity index (χ1v) is 19.1. The molecule has 12 nitrogen and oxygen atoms in total. The number of para-hydroxylation sites is 1. The number of rotatable bonds is 17. The van der Waals surface area contributed by atoms with Gasteiger partial charge in [-0.15, -0.1) is 0 Å². The minimum Gasteiger partial charge on any atom is -0.508 e. The number of carbonyl (C=O) groups is 5. The number of benzene rings is 3. The predicted molar refractivity (Wildman–Crippen MR) is 210 cm³/mol. The van der Waals surface area contributed by atoms with Gasteiger partial charge in [-0.25, -0.2) is 4.39 Å². The molecule has 6 N–H and O–H groups in total. The number of phenols is 1. The maximum Gasteiger partial charge on any atom is 0.245 e. The summed E-state index contributed by atoms with van der Waals surface area (Å²) in [7, 11) is 0. The smallest absolute Gasteiger partial charge is 0.245 e. The summed E-state index contributed by atoms with van der Waals surface area (Å²) >= 11 is 0. The van der Waals surface area contributed by atoms with E-state index in [9.17, 15) is 33.5 Å². The van der Waals surface area contributed by atoms with Crippen molar-refractivity contribution in [1.82, 2.24) is 20.9 Å². The lowest BCUT2D eigenvalue weighted by atomic mass is 9.95. The van der Waals surface area contributed by atoms with Crippen LogP contribution in [0.5, 0.6) is 5.75 Å². The van der Waals surface area contributed by atoms with Crippen LogP contribution in [0.2, 0.25) is 0 Å². The maximum atomic E-state index is 14.0. The van der Waals surface area contributed by atoms with E-state index in [4.69, 9.17) is 5.73 Å². The quantitative estimate of drug-likeness (QED) is 0.139. The van der Waals surface area contributed by atoms with Gasteiger partial charge in [-0.05, 0) is 98.2 Å². The molecular formula is C42H55FN6O6. The number of amides is 5. The number of nitrogens with zero attached hydrogens (tertiary/aromatic N) is 2. The Kier molecular flexibility index (Phi) is 15.7. The van der Waals surface area contributed by atoms with Gasteiger partial charge in [0.05, 0.1) is 12.6 Å². The molecule has 0 radical (unpaired) electrons. The van der Waals surface area contributed by atoms with Crippen molar-refractivity contribution in [2.75, 3.05) is 24.5 Å². The molecule has 1 aliphatic heterocycles. The number of nitrogens with two attached hydrogens (primary N) is 1. The molecule has 5 amide bonds. The molecule has 1 fully saturated rings. The predicted octanol–water partition coefficient (Wildman–Crippen LogP) is 3.97. The van der Waals surface area contributed by atoms with E-state index >= 15 is 0 Å². The molecule has 1 heterocycles. The van der Waals surface area contributed by atoms with Crippen molar-refractivity contribution < 1.29 is 33.5 Å². The number of piperidine rings is 1. The number of unbranched alkanes of at least 4 members (excludes halogenated alkanes) is 1. The monoisotopic (exact) mass is 758 g/mol. The average Bonchev–Trinajstić information content (AvgIpc) is 3.17. The number of aryl methyl sites for hydroxylation is 2. The highest BCUT2D eigenvalue weighted by Gasteiger charge is 2.33. The van der Waals surface area contributed by atoms with Crippen LogP contribution in [-0.4, -0.2) is 83.3 Å². The van der Waals surface area contributed by atoms with E-state index in [1.165, 1.54) is 12.1 Å². The molecule has 2 unspecified atom stereocenters. The normalized spacial score (nSPS) is 14.7. The Bertz CT molecular complexity index is 1760. The van der Waals surface area contributed by atoms with Gasteiger partial charge in [0.1, 0.15) is 23.7 Å². The van der Waals surface area contributed by atoms with Gasteiger partial charge in [-0.2, -0.15) is 0 Å². The molecule has 0 aromatic heterocycles. The van der Waals surface area contributed by atoms with Gasteiger partial charge >= 0.3 is 0 Å². The zero-order chi connectivity index (χ0) is 40.1. The standard InChI is InChI=1S/C42H55FN6O6/c1-5-7-13-36(47-40(53)35(44)25-34-27(3)22-33(50)23-28(34)4)41(54)45-26-38(51)46-37(24-29-14-16-30(43)17-15-29)42(55)48-20-18-32(19-21-48)49(39(52)6-2)31-11-9-8-10-12-31/h8-12,14-17,22-23,32,35-37,50H,5-7,13,18-21,24-26,44H2,1-4H3,(H,45,54)(H,46,51)(H,47,53)/t35?,36-,37?/m0/s1. The molecule has 1 aliphatic rings. The third-order valence-corrected chi connectivity index (χ3v) is 10.1. The number of phenolic OH excluding ortho intramolecular Hbond substituents is 1. The van der Waals surface area contributed by atoms with Crippen molar-refractivity contribution in [3.05, 3.63) is 94.8 Å². The van der Waals surface area contributed by atoms with Crippen molar-refractivity contribution in [3.63, 3.8) is 0 Å². The third-order valence-electron chi connectivity index (χ3n) is 10.1. The van der Waals surface area contributed by atoms with Gasteiger partial charge in [0.15, 0.2) is 0 Å². The van der Waals surface area contributed by atoms with Gasteiger partial charge in [0.25, 0.3) is 0 Å². The zero-order valence-corrected chi connectivity index (χ0v) is 32.3. The molecule has 296 valence electrons. The van der Waals surface area contributed by atoms with Crippen LogP contribution in [0, 0.1) is 19.7 Å². The molecule has 3 aromatic carbocycles. The lowest BCUT2D eigenvalue weighted by Gasteiger charge is -2.39. The molecule has 0 bridgehead atoms. The van der Waals surface area contributed by atoms with Crippen molar-refractivity contribution in [2.45, 2.75) is 103 Å². The van der Waals surface area contributed by atoms with Gasteiger partial charge in [-0.1, -0.05) is 57.0 Å². The van der Waals surface area contributed by atoms with Crippen LogP contribution in [-0.2, 0) is 36.8 Å². The largest absolute Gasteiger partial charge is 0.508 e. The van der Waals surface area contributed by atoms with E-state index < -0.39 is 48.2 Å². The molecule has 1 saturated heterocycles. The van der Waals surface area contributed by atoms with Gasteiger partial charge in [0, 0.05) is 37.7 Å². The van der Waals surface area contributed by atoms with Crippen LogP contribution in [0.15, 0.2) is 66.7 Å². The lowest BCUT2D eigenvalue weighted by Crippen LogP contribution is -2.56. The first kappa shape index (κ1) is 42.4. The van der Waals surface area contributed by atoms with E-state index in [-0.39, 0.29) is 36.4 Å². The summed E-state index contributed by atoms with van der Waals surface area (Å²) in [6, 6.07) is 15.3. The molecule has 3 aromatic rings. The Morgan fingerprint density at radius 2 is 1.53 bits per heavy atom. The van der Waals surface area contributed by atoms with Crippen molar-refractivity contribution in [2.24, 2.45) is 5.73 Å². The number of halogens is 1. The molecule has 0 saturated carbocycles. The van der Waals surface area contributed by atoms with E-state index in [1.807, 2.05) is 62.9 Å². The van der Waals surface area contributed by atoms with E-state index in [0.29, 0.717) is 50.8 Å². The van der Waals surface area contributed by atoms with Crippen molar-refractivity contribution >= 4 is 35.2 Å². The number of aromatic hydroxyl groups is 1. The van der Waals surface area contributed by atoms with E-state index in [2.05, 4.69) is 16.0 Å². The highest BCUT2D eigenvalue weighted by Crippen LogP contribution is 2.26. The Morgan fingerprint density at radius 1 is 0.891 bits per heavy atom. The van der Waals surface area contributed by atoms with Crippen molar-refractivity contribution in [3.8, 4) is 5.75 Å². The lowest BCUT2D eigenvalue weighted by molar-refractivity contribution is -0.137. The minimum absolute atomic E-state index is 0.00179. The van der Waals surface area contributed by atoms with Crippen LogP contribution < -0.4 is 26.6 Å². The second-order valence-corrected chi connectivity index (χ2v) is 14.2. The number of anilines is 1. The summed E-state index contributed by atoms with van der Waals surface area (Å²) in [5, 5.41) is 18.0. The van der Waals surface area contributed by atoms with Crippen LogP contribution in [0.3, 0.4) is 0 Å². The first-order chi connectivity index (χ1) is 26.3. The fourth-order valence-corrected chi connectivity index (χ4v) is 7.04.